The number of nitrogens with zero attached hydrogens (tertiary/aromatic N) is 2. The van der Waals surface area contributed by atoms with Crippen LogP contribution in [-0.4, -0.2) is 40.1 Å². The van der Waals surface area contributed by atoms with Crippen molar-refractivity contribution in [2.45, 2.75) is 12.3 Å². The monoisotopic (exact) mass is 286 g/mol. The van der Waals surface area contributed by atoms with Crippen molar-refractivity contribution in [3.8, 4) is 0 Å². The van der Waals surface area contributed by atoms with Crippen LogP contribution in [0.2, 0.25) is 0 Å². The second-order valence-corrected chi connectivity index (χ2v) is 5.03. The second kappa shape index (κ2) is 5.40. The molecular formula is C15H14N2O4. The Hall–Kier alpha value is -2.63. The molecule has 6 nitrogen and oxygen atoms in total. The van der Waals surface area contributed by atoms with E-state index in [0.717, 1.165) is 6.42 Å². The highest BCUT2D eigenvalue weighted by atomic mass is 16.5. The molecule has 0 spiro atoms. The summed E-state index contributed by atoms with van der Waals surface area (Å²) in [5.41, 5.74) is 1.25. The number of carbonyl (C=O) groups is 2. The molecule has 1 saturated heterocycles. The second-order valence-electron chi connectivity index (χ2n) is 5.03. The fourth-order valence-electron chi connectivity index (χ4n) is 2.58. The number of hydrogen-bond donors (Lipinski definition) is 1. The number of aromatic carboxylic acids is 1. The zero-order chi connectivity index (χ0) is 14.8. The van der Waals surface area contributed by atoms with Crippen LogP contribution in [-0.2, 0) is 0 Å². The lowest BCUT2D eigenvalue weighted by molar-refractivity contribution is 0.0649. The molecule has 6 heteroatoms. The van der Waals surface area contributed by atoms with Gasteiger partial charge in [0, 0.05) is 25.1 Å². The van der Waals surface area contributed by atoms with Crippen molar-refractivity contribution >= 4 is 11.9 Å². The maximum Gasteiger partial charge on any atom is 0.374 e. The van der Waals surface area contributed by atoms with Crippen LogP contribution in [0.5, 0.6) is 0 Å². The minimum atomic E-state index is -1.23. The molecule has 1 unspecified atom stereocenters. The minimum Gasteiger partial charge on any atom is -0.475 e. The highest BCUT2D eigenvalue weighted by molar-refractivity contribution is 5.95. The number of aromatic nitrogens is 1. The van der Waals surface area contributed by atoms with E-state index in [2.05, 4.69) is 21.8 Å². The number of hydrogen-bond acceptors (Lipinski definition) is 4. The molecule has 1 fully saturated rings. The third-order valence-corrected chi connectivity index (χ3v) is 3.69. The predicted octanol–water partition coefficient (Wildman–Crippen LogP) is 2.00. The van der Waals surface area contributed by atoms with Gasteiger partial charge in [0.2, 0.25) is 5.76 Å². The first kappa shape index (κ1) is 13.4. The van der Waals surface area contributed by atoms with Gasteiger partial charge in [-0.1, -0.05) is 35.5 Å². The van der Waals surface area contributed by atoms with Gasteiger partial charge in [-0.3, -0.25) is 4.79 Å². The Morgan fingerprint density at radius 3 is 2.71 bits per heavy atom. The Kier molecular flexibility index (Phi) is 3.43. The Balaban J connectivity index is 1.70. The molecule has 1 amide bonds. The van der Waals surface area contributed by atoms with Crippen LogP contribution in [0.15, 0.2) is 40.9 Å². The number of rotatable bonds is 3. The maximum atomic E-state index is 12.3. The number of carboxylic acids is 1. The first-order valence-corrected chi connectivity index (χ1v) is 6.69. The summed E-state index contributed by atoms with van der Waals surface area (Å²) >= 11 is 0. The predicted molar refractivity (Wildman–Crippen MR) is 73.2 cm³/mol. The molecule has 2 aromatic rings. The van der Waals surface area contributed by atoms with Gasteiger partial charge in [-0.25, -0.2) is 4.79 Å². The van der Waals surface area contributed by atoms with Crippen LogP contribution >= 0.6 is 0 Å². The van der Waals surface area contributed by atoms with Gasteiger partial charge in [0.15, 0.2) is 5.69 Å². The zero-order valence-electron chi connectivity index (χ0n) is 11.2. The van der Waals surface area contributed by atoms with Gasteiger partial charge in [0.25, 0.3) is 5.91 Å². The Morgan fingerprint density at radius 2 is 2.05 bits per heavy atom. The molecule has 3 rings (SSSR count). The van der Waals surface area contributed by atoms with Gasteiger partial charge in [-0.2, -0.15) is 0 Å². The zero-order valence-corrected chi connectivity index (χ0v) is 11.2. The van der Waals surface area contributed by atoms with E-state index < -0.39 is 5.97 Å². The topological polar surface area (TPSA) is 83.6 Å². The van der Waals surface area contributed by atoms with Gasteiger partial charge in [0.1, 0.15) is 0 Å². The summed E-state index contributed by atoms with van der Waals surface area (Å²) in [6.07, 6.45) is 0.888. The lowest BCUT2D eigenvalue weighted by Crippen LogP contribution is -2.28. The number of carboxylic acid groups (broad SMARTS) is 1. The first-order chi connectivity index (χ1) is 10.1. The summed E-state index contributed by atoms with van der Waals surface area (Å²) < 4.78 is 4.62. The SMILES string of the molecule is O=C(O)c1cc(C(=O)N2CCC(c3ccccc3)C2)no1. The van der Waals surface area contributed by atoms with E-state index in [0.29, 0.717) is 19.0 Å². The summed E-state index contributed by atoms with van der Waals surface area (Å²) in [7, 11) is 0. The molecule has 1 aromatic heterocycles. The number of amides is 1. The molecule has 1 atom stereocenters. The number of likely N-dealkylation sites (tertiary alicyclic amines) is 1. The van der Waals surface area contributed by atoms with Crippen LogP contribution in [0.1, 0.15) is 38.9 Å². The average molecular weight is 286 g/mol. The third kappa shape index (κ3) is 2.65. The van der Waals surface area contributed by atoms with Crippen LogP contribution in [0.4, 0.5) is 0 Å². The van der Waals surface area contributed by atoms with Crippen molar-refractivity contribution in [2.24, 2.45) is 0 Å². The molecule has 21 heavy (non-hydrogen) atoms. The molecule has 1 aromatic carbocycles. The highest BCUT2D eigenvalue weighted by Gasteiger charge is 2.29. The van der Waals surface area contributed by atoms with Crippen molar-refractivity contribution in [3.05, 3.63) is 53.4 Å². The van der Waals surface area contributed by atoms with Gasteiger partial charge in [0.05, 0.1) is 0 Å². The summed E-state index contributed by atoms with van der Waals surface area (Å²) in [6.45, 7) is 1.24. The van der Waals surface area contributed by atoms with Crippen LogP contribution in [0.25, 0.3) is 0 Å². The smallest absolute Gasteiger partial charge is 0.374 e. The summed E-state index contributed by atoms with van der Waals surface area (Å²) in [5.74, 6) is -1.53. The Bertz CT molecular complexity index is 665. The largest absolute Gasteiger partial charge is 0.475 e. The number of carbonyl (C=O) groups excluding carboxylic acids is 1. The molecule has 108 valence electrons. The van der Waals surface area contributed by atoms with E-state index in [1.165, 1.54) is 11.6 Å². The molecule has 1 aliphatic heterocycles. The van der Waals surface area contributed by atoms with E-state index in [1.807, 2.05) is 18.2 Å². The quantitative estimate of drug-likeness (QED) is 0.933. The van der Waals surface area contributed by atoms with Crippen LogP contribution in [0, 0.1) is 0 Å². The summed E-state index contributed by atoms with van der Waals surface area (Å²) in [5, 5.41) is 12.3. The van der Waals surface area contributed by atoms with E-state index in [1.54, 1.807) is 4.90 Å². The van der Waals surface area contributed by atoms with E-state index >= 15 is 0 Å². The standard InChI is InChI=1S/C15H14N2O4/c18-14(12-8-13(15(19)20)21-16-12)17-7-6-11(9-17)10-4-2-1-3-5-10/h1-5,8,11H,6-7,9H2,(H,19,20). The van der Waals surface area contributed by atoms with Gasteiger partial charge in [-0.05, 0) is 12.0 Å². The lowest BCUT2D eigenvalue weighted by atomic mass is 9.99. The van der Waals surface area contributed by atoms with Crippen molar-refractivity contribution in [1.29, 1.82) is 0 Å². The molecule has 0 bridgehead atoms. The normalized spacial score (nSPS) is 17.9. The van der Waals surface area contributed by atoms with Crippen molar-refractivity contribution in [2.75, 3.05) is 13.1 Å². The van der Waals surface area contributed by atoms with E-state index in [9.17, 15) is 9.59 Å². The Morgan fingerprint density at radius 1 is 1.29 bits per heavy atom. The van der Waals surface area contributed by atoms with Gasteiger partial charge in [-0.15, -0.1) is 0 Å². The first-order valence-electron chi connectivity index (χ1n) is 6.69. The van der Waals surface area contributed by atoms with Crippen molar-refractivity contribution in [1.82, 2.24) is 10.1 Å². The van der Waals surface area contributed by atoms with Crippen molar-refractivity contribution in [3.63, 3.8) is 0 Å². The third-order valence-electron chi connectivity index (χ3n) is 3.69. The highest BCUT2D eigenvalue weighted by Crippen LogP contribution is 2.27. The minimum absolute atomic E-state index is 0.0427. The maximum absolute atomic E-state index is 12.3. The Labute approximate surface area is 121 Å². The summed E-state index contributed by atoms with van der Waals surface area (Å²) in [4.78, 5) is 24.7. The number of benzene rings is 1. The van der Waals surface area contributed by atoms with Gasteiger partial charge < -0.3 is 14.5 Å². The van der Waals surface area contributed by atoms with Crippen LogP contribution in [0.3, 0.4) is 0 Å². The molecule has 2 heterocycles. The summed E-state index contributed by atoms with van der Waals surface area (Å²) in [6, 6.07) is 11.2. The van der Waals surface area contributed by atoms with E-state index in [-0.39, 0.29) is 17.4 Å². The van der Waals surface area contributed by atoms with Gasteiger partial charge >= 0.3 is 5.97 Å². The average Bonchev–Trinajstić information content (AvgIpc) is 3.17. The lowest BCUT2D eigenvalue weighted by Gasteiger charge is -2.15. The molecule has 0 saturated carbocycles. The fraction of sp³-hybridized carbons (Fsp3) is 0.267. The fourth-order valence-corrected chi connectivity index (χ4v) is 2.58. The molecule has 0 radical (unpaired) electrons. The molecule has 1 N–H and O–H groups in total. The molecule has 0 aliphatic carbocycles. The van der Waals surface area contributed by atoms with Crippen molar-refractivity contribution < 1.29 is 19.2 Å². The molecule has 1 aliphatic rings. The van der Waals surface area contributed by atoms with Crippen LogP contribution < -0.4 is 0 Å². The van der Waals surface area contributed by atoms with E-state index in [4.69, 9.17) is 5.11 Å². The molecular weight excluding hydrogens is 272 g/mol.